The summed E-state index contributed by atoms with van der Waals surface area (Å²) in [5.74, 6) is -0.210. The molecule has 0 aliphatic carbocycles. The first-order valence-electron chi connectivity index (χ1n) is 21.4. The zero-order valence-corrected chi connectivity index (χ0v) is 33.2. The Hall–Kier alpha value is -1.91. The number of unbranched alkanes of at least 4 members (excludes halogenated alkanes) is 21. The van der Waals surface area contributed by atoms with Crippen molar-refractivity contribution in [3.63, 3.8) is 0 Å². The number of rotatable bonds is 39. The predicted molar refractivity (Wildman–Crippen MR) is 219 cm³/mol. The molecule has 4 nitrogen and oxygen atoms in total. The number of carbonyl (C=O) groups excluding carboxylic acids is 1. The SMILES string of the molecule is CC/C=C\C/C=C\C/C=C\C/C=C\CCCCCCCCCOCC(CO)OC(=O)CCCCCCCCC/C=C\CCCCCCCCC. The van der Waals surface area contributed by atoms with E-state index in [2.05, 4.69) is 74.6 Å². The van der Waals surface area contributed by atoms with E-state index in [-0.39, 0.29) is 19.2 Å². The number of aliphatic hydroxyl groups is 1. The summed E-state index contributed by atoms with van der Waals surface area (Å²) in [5, 5.41) is 9.60. The minimum atomic E-state index is -0.544. The first kappa shape index (κ1) is 48.1. The lowest BCUT2D eigenvalue weighted by molar-refractivity contribution is -0.154. The van der Waals surface area contributed by atoms with Crippen LogP contribution < -0.4 is 0 Å². The van der Waals surface area contributed by atoms with E-state index >= 15 is 0 Å². The highest BCUT2D eigenvalue weighted by Crippen LogP contribution is 2.13. The zero-order valence-electron chi connectivity index (χ0n) is 33.2. The predicted octanol–water partition coefficient (Wildman–Crippen LogP) is 14.0. The molecule has 0 bridgehead atoms. The van der Waals surface area contributed by atoms with Gasteiger partial charge in [0.2, 0.25) is 0 Å². The van der Waals surface area contributed by atoms with Crippen LogP contribution in [0.1, 0.15) is 200 Å². The van der Waals surface area contributed by atoms with Gasteiger partial charge in [0.15, 0.2) is 0 Å². The number of esters is 1. The molecule has 0 saturated heterocycles. The summed E-state index contributed by atoms with van der Waals surface area (Å²) < 4.78 is 11.2. The minimum absolute atomic E-state index is 0.180. The van der Waals surface area contributed by atoms with Crippen LogP contribution in [0.3, 0.4) is 0 Å². The number of allylic oxidation sites excluding steroid dienone is 10. The molecule has 4 heteroatoms. The van der Waals surface area contributed by atoms with Gasteiger partial charge in [0.25, 0.3) is 0 Å². The molecule has 0 aromatic heterocycles. The molecule has 0 saturated carbocycles. The highest BCUT2D eigenvalue weighted by Gasteiger charge is 2.13. The lowest BCUT2D eigenvalue weighted by Crippen LogP contribution is -2.27. The maximum atomic E-state index is 12.2. The number of ether oxygens (including phenoxy) is 2. The Morgan fingerprint density at radius 2 is 0.900 bits per heavy atom. The topological polar surface area (TPSA) is 55.8 Å². The third-order valence-electron chi connectivity index (χ3n) is 9.08. The fourth-order valence-electron chi connectivity index (χ4n) is 5.90. The normalized spacial score (nSPS) is 12.9. The number of aliphatic hydroxyl groups excluding tert-OH is 1. The summed E-state index contributed by atoms with van der Waals surface area (Å²) in [6, 6.07) is 0. The fraction of sp³-hybridized carbons (Fsp3) is 0.761. The Labute approximate surface area is 311 Å². The van der Waals surface area contributed by atoms with Gasteiger partial charge < -0.3 is 14.6 Å². The molecule has 0 heterocycles. The van der Waals surface area contributed by atoms with E-state index in [1.807, 2.05) is 0 Å². The summed E-state index contributed by atoms with van der Waals surface area (Å²) in [6.07, 6.45) is 57.0. The second-order valence-corrected chi connectivity index (χ2v) is 14.0. The van der Waals surface area contributed by atoms with Gasteiger partial charge in [0.1, 0.15) is 6.10 Å². The monoisotopic (exact) mass is 699 g/mol. The maximum Gasteiger partial charge on any atom is 0.306 e. The molecule has 0 aliphatic rings. The van der Waals surface area contributed by atoms with Crippen molar-refractivity contribution in [3.8, 4) is 0 Å². The van der Waals surface area contributed by atoms with Crippen molar-refractivity contribution < 1.29 is 19.4 Å². The van der Waals surface area contributed by atoms with Crippen molar-refractivity contribution in [2.24, 2.45) is 0 Å². The van der Waals surface area contributed by atoms with Crippen LogP contribution in [0.25, 0.3) is 0 Å². The van der Waals surface area contributed by atoms with Crippen molar-refractivity contribution in [1.29, 1.82) is 0 Å². The summed E-state index contributed by atoms with van der Waals surface area (Å²) in [6.45, 7) is 5.21. The molecule has 290 valence electrons. The highest BCUT2D eigenvalue weighted by atomic mass is 16.6. The molecule has 0 aromatic carbocycles. The van der Waals surface area contributed by atoms with E-state index in [0.29, 0.717) is 13.0 Å². The largest absolute Gasteiger partial charge is 0.457 e. The molecule has 0 rings (SSSR count). The Bertz CT molecular complexity index is 824. The smallest absolute Gasteiger partial charge is 0.306 e. The van der Waals surface area contributed by atoms with Gasteiger partial charge in [-0.2, -0.15) is 0 Å². The molecule has 1 unspecified atom stereocenters. The third kappa shape index (κ3) is 40.5. The Morgan fingerprint density at radius 1 is 0.500 bits per heavy atom. The maximum absolute atomic E-state index is 12.2. The number of carbonyl (C=O) groups is 1. The molecule has 0 spiro atoms. The van der Waals surface area contributed by atoms with Gasteiger partial charge in [0.05, 0.1) is 13.2 Å². The average Bonchev–Trinajstić information content (AvgIpc) is 3.12. The van der Waals surface area contributed by atoms with Crippen molar-refractivity contribution in [2.45, 2.75) is 206 Å². The van der Waals surface area contributed by atoms with Gasteiger partial charge in [-0.1, -0.05) is 177 Å². The van der Waals surface area contributed by atoms with Crippen LogP contribution in [0.2, 0.25) is 0 Å². The summed E-state index contributed by atoms with van der Waals surface area (Å²) in [4.78, 5) is 12.2. The van der Waals surface area contributed by atoms with E-state index in [4.69, 9.17) is 9.47 Å². The van der Waals surface area contributed by atoms with E-state index in [1.54, 1.807) is 0 Å². The van der Waals surface area contributed by atoms with Crippen molar-refractivity contribution in [1.82, 2.24) is 0 Å². The molecule has 0 fully saturated rings. The van der Waals surface area contributed by atoms with Gasteiger partial charge in [-0.25, -0.2) is 0 Å². The first-order valence-corrected chi connectivity index (χ1v) is 21.4. The summed E-state index contributed by atoms with van der Waals surface area (Å²) >= 11 is 0. The first-order chi connectivity index (χ1) is 24.7. The molecule has 0 radical (unpaired) electrons. The van der Waals surface area contributed by atoms with Gasteiger partial charge in [-0.05, 0) is 77.0 Å². The van der Waals surface area contributed by atoms with Crippen LogP contribution in [0.5, 0.6) is 0 Å². The van der Waals surface area contributed by atoms with E-state index < -0.39 is 6.10 Å². The van der Waals surface area contributed by atoms with Crippen LogP contribution >= 0.6 is 0 Å². The van der Waals surface area contributed by atoms with Crippen LogP contribution in [0, 0.1) is 0 Å². The van der Waals surface area contributed by atoms with E-state index in [0.717, 1.165) is 51.4 Å². The van der Waals surface area contributed by atoms with Gasteiger partial charge in [-0.15, -0.1) is 0 Å². The van der Waals surface area contributed by atoms with Crippen LogP contribution in [-0.2, 0) is 14.3 Å². The molecule has 50 heavy (non-hydrogen) atoms. The van der Waals surface area contributed by atoms with Crippen LogP contribution in [-0.4, -0.2) is 37.0 Å². The van der Waals surface area contributed by atoms with Crippen LogP contribution in [0.4, 0.5) is 0 Å². The van der Waals surface area contributed by atoms with Gasteiger partial charge in [0, 0.05) is 13.0 Å². The van der Waals surface area contributed by atoms with Crippen molar-refractivity contribution in [3.05, 3.63) is 60.8 Å². The lowest BCUT2D eigenvalue weighted by Gasteiger charge is -2.15. The molecule has 0 amide bonds. The summed E-state index contributed by atoms with van der Waals surface area (Å²) in [7, 11) is 0. The van der Waals surface area contributed by atoms with E-state index in [9.17, 15) is 9.90 Å². The quantitative estimate of drug-likeness (QED) is 0.0394. The standard InChI is InChI=1S/C46H82O4/c1-3-5-7-9-11-13-15-17-19-21-23-24-26-28-30-32-34-36-38-40-42-49-44-45(43-47)50-46(48)41-39-37-35-33-31-29-27-25-22-20-18-16-14-12-10-8-6-4-2/h5,7,11,13,17,19-20,22-24,45,47H,3-4,6,8-10,12,14-16,18,21,25-44H2,1-2H3/b7-5-,13-11-,19-17-,22-20-,24-23-. The number of hydrogen-bond acceptors (Lipinski definition) is 4. The van der Waals surface area contributed by atoms with Crippen molar-refractivity contribution in [2.75, 3.05) is 19.8 Å². The number of hydrogen-bond donors (Lipinski definition) is 1. The highest BCUT2D eigenvalue weighted by molar-refractivity contribution is 5.69. The van der Waals surface area contributed by atoms with Gasteiger partial charge in [-0.3, -0.25) is 4.79 Å². The molecule has 0 aromatic rings. The third-order valence-corrected chi connectivity index (χ3v) is 9.08. The Kier molecular flexibility index (Phi) is 41.6. The van der Waals surface area contributed by atoms with Gasteiger partial charge >= 0.3 is 5.97 Å². The molecular weight excluding hydrogens is 617 g/mol. The second-order valence-electron chi connectivity index (χ2n) is 14.0. The molecule has 1 N–H and O–H groups in total. The minimum Gasteiger partial charge on any atom is -0.457 e. The Morgan fingerprint density at radius 3 is 1.38 bits per heavy atom. The Balaban J connectivity index is 3.47. The average molecular weight is 699 g/mol. The van der Waals surface area contributed by atoms with E-state index in [1.165, 1.54) is 128 Å². The molecule has 1 atom stereocenters. The zero-order chi connectivity index (χ0) is 36.3. The fourth-order valence-corrected chi connectivity index (χ4v) is 5.90. The van der Waals surface area contributed by atoms with Crippen LogP contribution in [0.15, 0.2) is 60.8 Å². The molecule has 0 aliphatic heterocycles. The van der Waals surface area contributed by atoms with Crippen molar-refractivity contribution >= 4 is 5.97 Å². The second kappa shape index (κ2) is 43.3. The lowest BCUT2D eigenvalue weighted by atomic mass is 10.1. The summed E-state index contributed by atoms with van der Waals surface area (Å²) in [5.41, 5.74) is 0. The molecular formula is C46H82O4.